The topological polar surface area (TPSA) is 70.7 Å². The third-order valence-corrected chi connectivity index (χ3v) is 3.36. The molecule has 0 bridgehead atoms. The standard InChI is InChI=1S/C13H16N4OS/c1-2-6-14-11-4-3-10(8-16-11)9-19-13-15-7-5-12(18)17-13/h3-5,7-8H,2,6,9H2,1H3,(H,14,16)(H,15,17,18). The van der Waals surface area contributed by atoms with Crippen molar-refractivity contribution in [3.63, 3.8) is 0 Å². The zero-order chi connectivity index (χ0) is 13.5. The van der Waals surface area contributed by atoms with Gasteiger partial charge in [0.2, 0.25) is 0 Å². The van der Waals surface area contributed by atoms with E-state index in [1.165, 1.54) is 24.0 Å². The van der Waals surface area contributed by atoms with Crippen molar-refractivity contribution in [2.75, 3.05) is 11.9 Å². The van der Waals surface area contributed by atoms with Crippen molar-refractivity contribution in [1.29, 1.82) is 0 Å². The van der Waals surface area contributed by atoms with Crippen LogP contribution in [0.4, 0.5) is 5.82 Å². The molecule has 100 valence electrons. The molecule has 0 saturated heterocycles. The van der Waals surface area contributed by atoms with E-state index in [4.69, 9.17) is 0 Å². The Balaban J connectivity index is 1.91. The molecule has 0 aliphatic carbocycles. The Morgan fingerprint density at radius 3 is 2.89 bits per heavy atom. The highest BCUT2D eigenvalue weighted by Gasteiger charge is 1.99. The Kier molecular flexibility index (Phi) is 4.97. The monoisotopic (exact) mass is 276 g/mol. The Morgan fingerprint density at radius 2 is 2.21 bits per heavy atom. The van der Waals surface area contributed by atoms with Crippen molar-refractivity contribution < 1.29 is 0 Å². The van der Waals surface area contributed by atoms with Crippen molar-refractivity contribution in [3.8, 4) is 0 Å². The smallest absolute Gasteiger partial charge is 0.251 e. The number of hydrogen-bond donors (Lipinski definition) is 2. The van der Waals surface area contributed by atoms with Gasteiger partial charge in [0.1, 0.15) is 5.82 Å². The molecular weight excluding hydrogens is 260 g/mol. The number of H-pyrrole nitrogens is 1. The number of nitrogens with zero attached hydrogens (tertiary/aromatic N) is 2. The number of aromatic nitrogens is 3. The van der Waals surface area contributed by atoms with Crippen LogP contribution in [0.3, 0.4) is 0 Å². The largest absolute Gasteiger partial charge is 0.370 e. The Morgan fingerprint density at radius 1 is 1.32 bits per heavy atom. The highest BCUT2D eigenvalue weighted by molar-refractivity contribution is 7.98. The molecule has 0 aliphatic heterocycles. The zero-order valence-corrected chi connectivity index (χ0v) is 11.5. The van der Waals surface area contributed by atoms with E-state index < -0.39 is 0 Å². The predicted molar refractivity (Wildman–Crippen MR) is 77.4 cm³/mol. The average molecular weight is 276 g/mol. The molecule has 0 aromatic carbocycles. The van der Waals surface area contributed by atoms with Crippen molar-refractivity contribution in [2.24, 2.45) is 0 Å². The molecule has 2 aromatic rings. The summed E-state index contributed by atoms with van der Waals surface area (Å²) in [6, 6.07) is 5.39. The molecule has 2 N–H and O–H groups in total. The van der Waals surface area contributed by atoms with E-state index in [1.807, 2.05) is 18.3 Å². The van der Waals surface area contributed by atoms with Crippen molar-refractivity contribution in [2.45, 2.75) is 24.3 Å². The molecule has 2 rings (SSSR count). The summed E-state index contributed by atoms with van der Waals surface area (Å²) in [5.41, 5.74) is 0.966. The first-order valence-corrected chi connectivity index (χ1v) is 7.13. The van der Waals surface area contributed by atoms with Crippen LogP contribution in [0.5, 0.6) is 0 Å². The number of nitrogens with one attached hydrogen (secondary N) is 2. The molecule has 19 heavy (non-hydrogen) atoms. The van der Waals surface area contributed by atoms with Crippen molar-refractivity contribution >= 4 is 17.6 Å². The van der Waals surface area contributed by atoms with Gasteiger partial charge in [0.15, 0.2) is 5.16 Å². The molecule has 2 heterocycles. The van der Waals surface area contributed by atoms with Crippen LogP contribution < -0.4 is 10.9 Å². The van der Waals surface area contributed by atoms with E-state index in [0.29, 0.717) is 5.16 Å². The fraction of sp³-hybridized carbons (Fsp3) is 0.308. The SMILES string of the molecule is CCCNc1ccc(CSc2nccc(=O)[nH]2)cn1. The van der Waals surface area contributed by atoms with Crippen LogP contribution in [0, 0.1) is 0 Å². The van der Waals surface area contributed by atoms with Crippen molar-refractivity contribution in [3.05, 3.63) is 46.5 Å². The minimum absolute atomic E-state index is 0.130. The molecule has 5 nitrogen and oxygen atoms in total. The van der Waals surface area contributed by atoms with Gasteiger partial charge < -0.3 is 10.3 Å². The maximum Gasteiger partial charge on any atom is 0.251 e. The van der Waals surface area contributed by atoms with Gasteiger partial charge in [-0.2, -0.15) is 0 Å². The first-order chi connectivity index (χ1) is 9.28. The molecule has 0 unspecified atom stereocenters. The van der Waals surface area contributed by atoms with Crippen LogP contribution in [0.25, 0.3) is 0 Å². The first kappa shape index (κ1) is 13.6. The lowest BCUT2D eigenvalue weighted by Gasteiger charge is -2.05. The summed E-state index contributed by atoms with van der Waals surface area (Å²) in [5.74, 6) is 1.62. The molecule has 0 radical (unpaired) electrons. The van der Waals surface area contributed by atoms with Gasteiger partial charge in [0.05, 0.1) is 0 Å². The van der Waals surface area contributed by atoms with Crippen molar-refractivity contribution in [1.82, 2.24) is 15.0 Å². The molecule has 0 fully saturated rings. The predicted octanol–water partition coefficient (Wildman–Crippen LogP) is 2.28. The highest BCUT2D eigenvalue weighted by Crippen LogP contribution is 2.17. The van der Waals surface area contributed by atoms with Gasteiger partial charge in [0, 0.05) is 30.8 Å². The van der Waals surface area contributed by atoms with Crippen LogP contribution in [0.2, 0.25) is 0 Å². The lowest BCUT2D eigenvalue weighted by atomic mass is 10.3. The van der Waals surface area contributed by atoms with Gasteiger partial charge in [-0.05, 0) is 18.1 Å². The zero-order valence-electron chi connectivity index (χ0n) is 10.7. The number of hydrogen-bond acceptors (Lipinski definition) is 5. The molecule has 0 amide bonds. The molecule has 2 aromatic heterocycles. The summed E-state index contributed by atoms with van der Waals surface area (Å²) in [6.45, 7) is 3.04. The number of anilines is 1. The summed E-state index contributed by atoms with van der Waals surface area (Å²) in [5, 5.41) is 3.85. The Labute approximate surface area is 115 Å². The Bertz CT molecular complexity index is 567. The third kappa shape index (κ3) is 4.40. The summed E-state index contributed by atoms with van der Waals surface area (Å²) in [7, 11) is 0. The number of thioether (sulfide) groups is 1. The molecule has 6 heteroatoms. The molecule has 0 aliphatic rings. The highest BCUT2D eigenvalue weighted by atomic mass is 32.2. The van der Waals surface area contributed by atoms with Gasteiger partial charge >= 0.3 is 0 Å². The van der Waals surface area contributed by atoms with Crippen LogP contribution in [-0.4, -0.2) is 21.5 Å². The minimum atomic E-state index is -0.130. The second kappa shape index (κ2) is 6.94. The van der Waals surface area contributed by atoms with E-state index in [2.05, 4.69) is 27.2 Å². The lowest BCUT2D eigenvalue weighted by molar-refractivity contribution is 0.936. The van der Waals surface area contributed by atoms with Gasteiger partial charge in [-0.3, -0.25) is 4.79 Å². The molecular formula is C13H16N4OS. The maximum atomic E-state index is 11.1. The van der Waals surface area contributed by atoms with E-state index in [9.17, 15) is 4.79 Å². The molecule has 0 atom stereocenters. The van der Waals surface area contributed by atoms with E-state index in [1.54, 1.807) is 0 Å². The fourth-order valence-corrected chi connectivity index (χ4v) is 2.23. The van der Waals surface area contributed by atoms with Gasteiger partial charge in [-0.25, -0.2) is 9.97 Å². The summed E-state index contributed by atoms with van der Waals surface area (Å²) < 4.78 is 0. The minimum Gasteiger partial charge on any atom is -0.370 e. The van der Waals surface area contributed by atoms with E-state index >= 15 is 0 Å². The second-order valence-corrected chi connectivity index (χ2v) is 4.97. The normalized spacial score (nSPS) is 10.4. The second-order valence-electron chi connectivity index (χ2n) is 4.01. The van der Waals surface area contributed by atoms with Gasteiger partial charge in [-0.15, -0.1) is 0 Å². The lowest BCUT2D eigenvalue weighted by Crippen LogP contribution is -2.05. The number of aromatic amines is 1. The fourth-order valence-electron chi connectivity index (χ4n) is 1.44. The quantitative estimate of drug-likeness (QED) is 0.625. The number of rotatable bonds is 6. The third-order valence-electron chi connectivity index (χ3n) is 2.40. The molecule has 0 spiro atoms. The summed E-state index contributed by atoms with van der Waals surface area (Å²) in [4.78, 5) is 22.2. The van der Waals surface area contributed by atoms with E-state index in [0.717, 1.165) is 30.1 Å². The van der Waals surface area contributed by atoms with Gasteiger partial charge in [-0.1, -0.05) is 24.8 Å². The Hall–Kier alpha value is -1.82. The van der Waals surface area contributed by atoms with Crippen LogP contribution in [0.15, 0.2) is 40.5 Å². The van der Waals surface area contributed by atoms with Crippen LogP contribution in [0.1, 0.15) is 18.9 Å². The summed E-state index contributed by atoms with van der Waals surface area (Å²) in [6.07, 6.45) is 4.43. The average Bonchev–Trinajstić information content (AvgIpc) is 2.44. The maximum absolute atomic E-state index is 11.1. The van der Waals surface area contributed by atoms with E-state index in [-0.39, 0.29) is 5.56 Å². The summed E-state index contributed by atoms with van der Waals surface area (Å²) >= 11 is 1.48. The van der Waals surface area contributed by atoms with Crippen LogP contribution in [-0.2, 0) is 5.75 Å². The number of pyridine rings is 1. The van der Waals surface area contributed by atoms with Gasteiger partial charge in [0.25, 0.3) is 5.56 Å². The first-order valence-electron chi connectivity index (χ1n) is 6.15. The van der Waals surface area contributed by atoms with Crippen LogP contribution >= 0.6 is 11.8 Å². The molecule has 0 saturated carbocycles.